The third-order valence-electron chi connectivity index (χ3n) is 4.09. The number of piperidine rings is 1. The third-order valence-corrected chi connectivity index (χ3v) is 4.09. The second-order valence-electron chi connectivity index (χ2n) is 5.78. The van der Waals surface area contributed by atoms with E-state index in [1.54, 1.807) is 0 Å². The highest BCUT2D eigenvalue weighted by molar-refractivity contribution is 5.74. The molecule has 1 rings (SSSR count). The minimum Gasteiger partial charge on any atom is -0.481 e. The normalized spacial score (nSPS) is 24.9. The molecule has 19 heavy (non-hydrogen) atoms. The average molecular weight is 270 g/mol. The van der Waals surface area contributed by atoms with E-state index in [4.69, 9.17) is 5.11 Å². The SMILES string of the molecule is CC(CCC(=O)O)CNC(=O)N1CCCC(C)C1C. The van der Waals surface area contributed by atoms with Crippen molar-refractivity contribution < 1.29 is 14.7 Å². The summed E-state index contributed by atoms with van der Waals surface area (Å²) < 4.78 is 0. The van der Waals surface area contributed by atoms with Gasteiger partial charge in [0.05, 0.1) is 0 Å². The lowest BCUT2D eigenvalue weighted by Crippen LogP contribution is -2.51. The number of rotatable bonds is 5. The number of carboxylic acids is 1. The summed E-state index contributed by atoms with van der Waals surface area (Å²) in [6.07, 6.45) is 3.00. The number of nitrogens with zero attached hydrogens (tertiary/aromatic N) is 1. The number of hydrogen-bond donors (Lipinski definition) is 2. The highest BCUT2D eigenvalue weighted by atomic mass is 16.4. The molecule has 0 saturated carbocycles. The fraction of sp³-hybridized carbons (Fsp3) is 0.857. The molecule has 5 heteroatoms. The van der Waals surface area contributed by atoms with E-state index in [2.05, 4.69) is 19.2 Å². The molecule has 110 valence electrons. The zero-order valence-corrected chi connectivity index (χ0v) is 12.2. The quantitative estimate of drug-likeness (QED) is 0.805. The summed E-state index contributed by atoms with van der Waals surface area (Å²) >= 11 is 0. The van der Waals surface area contributed by atoms with Crippen LogP contribution >= 0.6 is 0 Å². The van der Waals surface area contributed by atoms with E-state index < -0.39 is 5.97 Å². The maximum Gasteiger partial charge on any atom is 0.317 e. The Balaban J connectivity index is 2.32. The van der Waals surface area contributed by atoms with E-state index in [-0.39, 0.29) is 24.4 Å². The topological polar surface area (TPSA) is 69.6 Å². The first kappa shape index (κ1) is 15.8. The van der Waals surface area contributed by atoms with Gasteiger partial charge in [-0.25, -0.2) is 4.79 Å². The highest BCUT2D eigenvalue weighted by Crippen LogP contribution is 2.22. The first-order chi connectivity index (χ1) is 8.91. The van der Waals surface area contributed by atoms with E-state index in [1.165, 1.54) is 6.42 Å². The minimum atomic E-state index is -0.781. The molecule has 0 radical (unpaired) electrons. The van der Waals surface area contributed by atoms with Crippen molar-refractivity contribution in [2.24, 2.45) is 11.8 Å². The van der Waals surface area contributed by atoms with Crippen LogP contribution in [0.2, 0.25) is 0 Å². The van der Waals surface area contributed by atoms with Crippen molar-refractivity contribution in [1.82, 2.24) is 10.2 Å². The lowest BCUT2D eigenvalue weighted by molar-refractivity contribution is -0.137. The molecule has 1 aliphatic rings. The maximum absolute atomic E-state index is 12.1. The van der Waals surface area contributed by atoms with Gasteiger partial charge in [-0.1, -0.05) is 13.8 Å². The Morgan fingerprint density at radius 2 is 2.11 bits per heavy atom. The molecule has 1 aliphatic heterocycles. The summed E-state index contributed by atoms with van der Waals surface area (Å²) in [6.45, 7) is 7.60. The molecule has 5 nitrogen and oxygen atoms in total. The van der Waals surface area contributed by atoms with Crippen LogP contribution in [-0.2, 0) is 4.79 Å². The number of likely N-dealkylation sites (tertiary alicyclic amines) is 1. The van der Waals surface area contributed by atoms with Gasteiger partial charge in [0, 0.05) is 25.6 Å². The maximum atomic E-state index is 12.1. The molecule has 0 aromatic rings. The number of carbonyl (C=O) groups excluding carboxylic acids is 1. The fourth-order valence-electron chi connectivity index (χ4n) is 2.46. The Kier molecular flexibility index (Phi) is 6.12. The Bertz CT molecular complexity index is 320. The molecule has 1 saturated heterocycles. The van der Waals surface area contributed by atoms with Crippen LogP contribution in [0.5, 0.6) is 0 Å². The summed E-state index contributed by atoms with van der Waals surface area (Å²) in [4.78, 5) is 24.5. The van der Waals surface area contributed by atoms with E-state index in [0.29, 0.717) is 18.9 Å². The van der Waals surface area contributed by atoms with Crippen LogP contribution in [0.15, 0.2) is 0 Å². The van der Waals surface area contributed by atoms with Gasteiger partial charge in [-0.05, 0) is 38.0 Å². The number of nitrogens with one attached hydrogen (secondary N) is 1. The van der Waals surface area contributed by atoms with Crippen molar-refractivity contribution in [3.8, 4) is 0 Å². The molecular formula is C14H26N2O3. The van der Waals surface area contributed by atoms with Crippen molar-refractivity contribution in [2.45, 2.75) is 52.5 Å². The number of carbonyl (C=O) groups is 2. The molecule has 1 fully saturated rings. The van der Waals surface area contributed by atoms with Gasteiger partial charge in [0.2, 0.25) is 0 Å². The van der Waals surface area contributed by atoms with Gasteiger partial charge in [-0.15, -0.1) is 0 Å². The van der Waals surface area contributed by atoms with Crippen LogP contribution in [-0.4, -0.2) is 41.1 Å². The van der Waals surface area contributed by atoms with E-state index in [1.807, 2.05) is 11.8 Å². The summed E-state index contributed by atoms with van der Waals surface area (Å²) in [5.41, 5.74) is 0. The third kappa shape index (κ3) is 5.09. The van der Waals surface area contributed by atoms with Gasteiger partial charge < -0.3 is 15.3 Å². The Labute approximate surface area is 115 Å². The molecule has 2 amide bonds. The molecule has 0 aromatic heterocycles. The van der Waals surface area contributed by atoms with Gasteiger partial charge in [0.1, 0.15) is 0 Å². The molecule has 1 heterocycles. The Morgan fingerprint density at radius 1 is 1.42 bits per heavy atom. The molecule has 2 N–H and O–H groups in total. The van der Waals surface area contributed by atoms with Crippen LogP contribution in [0.1, 0.15) is 46.5 Å². The predicted molar refractivity (Wildman–Crippen MR) is 74.0 cm³/mol. The lowest BCUT2D eigenvalue weighted by atomic mass is 9.92. The van der Waals surface area contributed by atoms with Crippen molar-refractivity contribution in [3.63, 3.8) is 0 Å². The first-order valence-corrected chi connectivity index (χ1v) is 7.18. The zero-order valence-electron chi connectivity index (χ0n) is 12.2. The predicted octanol–water partition coefficient (Wildman–Crippen LogP) is 2.32. The second-order valence-corrected chi connectivity index (χ2v) is 5.78. The standard InChI is InChI=1S/C14H26N2O3/c1-10(6-7-13(17)18)9-15-14(19)16-8-4-5-11(2)12(16)3/h10-12H,4-9H2,1-3H3,(H,15,19)(H,17,18). The average Bonchev–Trinajstić information content (AvgIpc) is 2.36. The molecule has 3 atom stereocenters. The summed E-state index contributed by atoms with van der Waals surface area (Å²) in [5.74, 6) is -0.0434. The smallest absolute Gasteiger partial charge is 0.317 e. The van der Waals surface area contributed by atoms with Crippen molar-refractivity contribution >= 4 is 12.0 Å². The van der Waals surface area contributed by atoms with E-state index >= 15 is 0 Å². The lowest BCUT2D eigenvalue weighted by Gasteiger charge is -2.38. The second kappa shape index (κ2) is 7.36. The number of urea groups is 1. The zero-order chi connectivity index (χ0) is 14.4. The van der Waals surface area contributed by atoms with E-state index in [9.17, 15) is 9.59 Å². The Hall–Kier alpha value is -1.26. The van der Waals surface area contributed by atoms with Gasteiger partial charge in [-0.3, -0.25) is 4.79 Å². The Morgan fingerprint density at radius 3 is 2.74 bits per heavy atom. The van der Waals surface area contributed by atoms with Crippen LogP contribution in [0.25, 0.3) is 0 Å². The highest BCUT2D eigenvalue weighted by Gasteiger charge is 2.28. The number of carboxylic acid groups (broad SMARTS) is 1. The van der Waals surface area contributed by atoms with Crippen molar-refractivity contribution in [1.29, 1.82) is 0 Å². The molecule has 0 aliphatic carbocycles. The van der Waals surface area contributed by atoms with Gasteiger partial charge in [-0.2, -0.15) is 0 Å². The summed E-state index contributed by atoms with van der Waals surface area (Å²) in [5, 5.41) is 11.5. The van der Waals surface area contributed by atoms with Crippen molar-refractivity contribution in [3.05, 3.63) is 0 Å². The first-order valence-electron chi connectivity index (χ1n) is 7.18. The van der Waals surface area contributed by atoms with Gasteiger partial charge in [0.15, 0.2) is 0 Å². The van der Waals surface area contributed by atoms with E-state index in [0.717, 1.165) is 13.0 Å². The number of aliphatic carboxylic acids is 1. The summed E-state index contributed by atoms with van der Waals surface area (Å²) in [7, 11) is 0. The van der Waals surface area contributed by atoms with Crippen molar-refractivity contribution in [2.75, 3.05) is 13.1 Å². The minimum absolute atomic E-state index is 0.0128. The largest absolute Gasteiger partial charge is 0.481 e. The van der Waals surface area contributed by atoms with Crippen LogP contribution in [0.3, 0.4) is 0 Å². The van der Waals surface area contributed by atoms with Crippen LogP contribution in [0.4, 0.5) is 4.79 Å². The molecular weight excluding hydrogens is 244 g/mol. The van der Waals surface area contributed by atoms with Crippen LogP contribution in [0, 0.1) is 11.8 Å². The fourth-order valence-corrected chi connectivity index (χ4v) is 2.46. The molecule has 0 bridgehead atoms. The molecule has 0 spiro atoms. The molecule has 3 unspecified atom stereocenters. The van der Waals surface area contributed by atoms with Gasteiger partial charge in [0.25, 0.3) is 0 Å². The summed E-state index contributed by atoms with van der Waals surface area (Å²) in [6, 6.07) is 0.268. The number of hydrogen-bond acceptors (Lipinski definition) is 2. The number of amides is 2. The van der Waals surface area contributed by atoms with Gasteiger partial charge >= 0.3 is 12.0 Å². The van der Waals surface area contributed by atoms with Crippen LogP contribution < -0.4 is 5.32 Å². The monoisotopic (exact) mass is 270 g/mol. The molecule has 0 aromatic carbocycles.